The van der Waals surface area contributed by atoms with Crippen LogP contribution in [0.15, 0.2) is 54.0 Å². The Balaban J connectivity index is 1.90. The molecular weight excluding hydrogens is 270 g/mol. The van der Waals surface area contributed by atoms with Gasteiger partial charge in [-0.2, -0.15) is 0 Å². The van der Waals surface area contributed by atoms with Crippen molar-refractivity contribution in [2.75, 3.05) is 5.32 Å². The maximum atomic E-state index is 11.3. The minimum absolute atomic E-state index is 0.203. The summed E-state index contributed by atoms with van der Waals surface area (Å²) in [5.41, 5.74) is 4.78. The van der Waals surface area contributed by atoms with Crippen molar-refractivity contribution in [2.45, 2.75) is 6.54 Å². The Kier molecular flexibility index (Phi) is 3.35. The molecule has 0 aliphatic heterocycles. The second-order valence-electron chi connectivity index (χ2n) is 4.39. The number of amides is 1. The Morgan fingerprint density at radius 3 is 3.10 bits per heavy atom. The van der Waals surface area contributed by atoms with Gasteiger partial charge >= 0.3 is 0 Å². The maximum Gasteiger partial charge on any atom is 0.247 e. The molecule has 3 aromatic rings. The van der Waals surface area contributed by atoms with Crippen LogP contribution in [0.4, 0.5) is 5.69 Å². The zero-order chi connectivity index (χ0) is 13.9. The number of nitrogens with one attached hydrogen (secondary N) is 1. The van der Waals surface area contributed by atoms with E-state index in [0.717, 1.165) is 28.8 Å². The smallest absolute Gasteiger partial charge is 0.247 e. The van der Waals surface area contributed by atoms with E-state index in [1.165, 1.54) is 6.08 Å². The van der Waals surface area contributed by atoms with Gasteiger partial charge in [0.15, 0.2) is 0 Å². The molecule has 0 bridgehead atoms. The fourth-order valence-corrected chi connectivity index (χ4v) is 2.65. The second-order valence-corrected chi connectivity index (χ2v) is 5.11. The Morgan fingerprint density at radius 2 is 2.35 bits per heavy atom. The molecule has 2 heterocycles. The molecule has 1 amide bonds. The molecule has 0 spiro atoms. The molecule has 0 atom stereocenters. The van der Waals surface area contributed by atoms with E-state index in [9.17, 15) is 4.79 Å². The largest absolute Gasteiger partial charge is 0.341 e. The van der Waals surface area contributed by atoms with Gasteiger partial charge in [-0.25, -0.2) is 4.98 Å². The van der Waals surface area contributed by atoms with Gasteiger partial charge in [-0.05, 0) is 30.3 Å². The minimum atomic E-state index is -0.203. The fourth-order valence-electron chi connectivity index (χ4n) is 2.10. The first-order valence-electron chi connectivity index (χ1n) is 6.15. The average Bonchev–Trinajstić information content (AvgIpc) is 3.09. The summed E-state index contributed by atoms with van der Waals surface area (Å²) in [7, 11) is 0. The SMILES string of the molecule is C=CC(=O)Nc1ccc2c(ccn2Cc2cscn2)c1. The Labute approximate surface area is 120 Å². The molecule has 0 saturated heterocycles. The van der Waals surface area contributed by atoms with E-state index < -0.39 is 0 Å². The van der Waals surface area contributed by atoms with Crippen molar-refractivity contribution in [1.82, 2.24) is 9.55 Å². The van der Waals surface area contributed by atoms with Crippen LogP contribution in [0.5, 0.6) is 0 Å². The quantitative estimate of drug-likeness (QED) is 0.747. The Bertz CT molecular complexity index is 759. The first kappa shape index (κ1) is 12.6. The van der Waals surface area contributed by atoms with Gasteiger partial charge in [-0.1, -0.05) is 6.58 Å². The third-order valence-corrected chi connectivity index (χ3v) is 3.68. The van der Waals surface area contributed by atoms with Crippen LogP contribution in [0.2, 0.25) is 0 Å². The molecule has 4 nitrogen and oxygen atoms in total. The van der Waals surface area contributed by atoms with Crippen LogP contribution in [0, 0.1) is 0 Å². The van der Waals surface area contributed by atoms with Crippen molar-refractivity contribution in [1.29, 1.82) is 0 Å². The van der Waals surface area contributed by atoms with Crippen molar-refractivity contribution in [2.24, 2.45) is 0 Å². The highest BCUT2D eigenvalue weighted by molar-refractivity contribution is 7.07. The average molecular weight is 283 g/mol. The van der Waals surface area contributed by atoms with Crippen LogP contribution >= 0.6 is 11.3 Å². The van der Waals surface area contributed by atoms with E-state index in [2.05, 4.69) is 21.4 Å². The number of hydrogen-bond acceptors (Lipinski definition) is 3. The highest BCUT2D eigenvalue weighted by Crippen LogP contribution is 2.21. The summed E-state index contributed by atoms with van der Waals surface area (Å²) in [5.74, 6) is -0.203. The second kappa shape index (κ2) is 5.30. The first-order valence-corrected chi connectivity index (χ1v) is 7.10. The van der Waals surface area contributed by atoms with Gasteiger partial charge in [0.25, 0.3) is 0 Å². The molecule has 100 valence electrons. The van der Waals surface area contributed by atoms with Crippen LogP contribution in [-0.4, -0.2) is 15.5 Å². The number of carbonyl (C=O) groups excluding carboxylic acids is 1. The lowest BCUT2D eigenvalue weighted by Gasteiger charge is -2.05. The lowest BCUT2D eigenvalue weighted by atomic mass is 10.2. The van der Waals surface area contributed by atoms with Crippen LogP contribution in [-0.2, 0) is 11.3 Å². The zero-order valence-electron chi connectivity index (χ0n) is 10.7. The van der Waals surface area contributed by atoms with Gasteiger partial charge in [0.1, 0.15) is 0 Å². The highest BCUT2D eigenvalue weighted by Gasteiger charge is 2.05. The van der Waals surface area contributed by atoms with Crippen LogP contribution < -0.4 is 5.32 Å². The molecule has 0 unspecified atom stereocenters. The number of aromatic nitrogens is 2. The third-order valence-electron chi connectivity index (χ3n) is 3.04. The molecule has 5 heteroatoms. The van der Waals surface area contributed by atoms with Gasteiger partial charge in [0.05, 0.1) is 17.7 Å². The third kappa shape index (κ3) is 2.48. The van der Waals surface area contributed by atoms with E-state index in [4.69, 9.17) is 0 Å². The van der Waals surface area contributed by atoms with Crippen molar-refractivity contribution >= 4 is 33.8 Å². The number of rotatable bonds is 4. The Hall–Kier alpha value is -2.40. The fraction of sp³-hybridized carbons (Fsp3) is 0.0667. The molecule has 0 saturated carbocycles. The van der Waals surface area contributed by atoms with E-state index >= 15 is 0 Å². The summed E-state index contributed by atoms with van der Waals surface area (Å²) in [6.07, 6.45) is 3.29. The van der Waals surface area contributed by atoms with Gasteiger partial charge in [0.2, 0.25) is 5.91 Å². The number of anilines is 1. The normalized spacial score (nSPS) is 10.6. The zero-order valence-corrected chi connectivity index (χ0v) is 11.6. The van der Waals surface area contributed by atoms with Crippen LogP contribution in [0.1, 0.15) is 5.69 Å². The molecular formula is C15H13N3OS. The molecule has 20 heavy (non-hydrogen) atoms. The van der Waals surface area contributed by atoms with Gasteiger partial charge in [-0.3, -0.25) is 4.79 Å². The number of fused-ring (bicyclic) bond motifs is 1. The van der Waals surface area contributed by atoms with Crippen LogP contribution in [0.25, 0.3) is 10.9 Å². The number of nitrogens with zero attached hydrogens (tertiary/aromatic N) is 2. The molecule has 2 aromatic heterocycles. The lowest BCUT2D eigenvalue weighted by molar-refractivity contribution is -0.111. The number of thiazole rings is 1. The molecule has 1 aromatic carbocycles. The summed E-state index contributed by atoms with van der Waals surface area (Å²) in [6, 6.07) is 7.88. The lowest BCUT2D eigenvalue weighted by Crippen LogP contribution is -2.07. The summed E-state index contributed by atoms with van der Waals surface area (Å²) < 4.78 is 2.14. The maximum absolute atomic E-state index is 11.3. The molecule has 0 aliphatic rings. The van der Waals surface area contributed by atoms with E-state index in [-0.39, 0.29) is 5.91 Å². The predicted octanol–water partition coefficient (Wildman–Crippen LogP) is 3.27. The number of carbonyl (C=O) groups is 1. The molecule has 0 aliphatic carbocycles. The number of benzene rings is 1. The standard InChI is InChI=1S/C15H13N3OS/c1-2-15(19)17-12-3-4-14-11(7-12)5-6-18(14)8-13-9-20-10-16-13/h2-7,9-10H,1,8H2,(H,17,19). The minimum Gasteiger partial charge on any atom is -0.341 e. The van der Waals surface area contributed by atoms with E-state index in [1.807, 2.05) is 41.4 Å². The summed E-state index contributed by atoms with van der Waals surface area (Å²) in [4.78, 5) is 15.6. The first-order chi connectivity index (χ1) is 9.76. The molecule has 1 N–H and O–H groups in total. The summed E-state index contributed by atoms with van der Waals surface area (Å²) in [5, 5.41) is 5.89. The summed E-state index contributed by atoms with van der Waals surface area (Å²) in [6.45, 7) is 4.20. The highest BCUT2D eigenvalue weighted by atomic mass is 32.1. The molecule has 0 radical (unpaired) electrons. The topological polar surface area (TPSA) is 46.9 Å². The Morgan fingerprint density at radius 1 is 1.45 bits per heavy atom. The van der Waals surface area contributed by atoms with Crippen molar-refractivity contribution in [3.8, 4) is 0 Å². The van der Waals surface area contributed by atoms with Gasteiger partial charge in [-0.15, -0.1) is 11.3 Å². The van der Waals surface area contributed by atoms with Gasteiger partial charge in [0, 0.05) is 28.2 Å². The van der Waals surface area contributed by atoms with Crippen LogP contribution in [0.3, 0.4) is 0 Å². The molecule has 3 rings (SSSR count). The summed E-state index contributed by atoms with van der Waals surface area (Å²) >= 11 is 1.60. The monoisotopic (exact) mass is 283 g/mol. The van der Waals surface area contributed by atoms with Crippen molar-refractivity contribution in [3.05, 3.63) is 59.7 Å². The van der Waals surface area contributed by atoms with E-state index in [1.54, 1.807) is 11.3 Å². The van der Waals surface area contributed by atoms with Crippen molar-refractivity contribution < 1.29 is 4.79 Å². The van der Waals surface area contributed by atoms with Gasteiger partial charge < -0.3 is 9.88 Å². The van der Waals surface area contributed by atoms with Crippen molar-refractivity contribution in [3.63, 3.8) is 0 Å². The molecule has 0 fully saturated rings. The van der Waals surface area contributed by atoms with E-state index in [0.29, 0.717) is 0 Å². The predicted molar refractivity (Wildman–Crippen MR) is 82.0 cm³/mol. The number of hydrogen-bond donors (Lipinski definition) is 1.